The largest absolute Gasteiger partial charge is 0.306 e. The fraction of sp³-hybridized carbons (Fsp3) is 0.316. The van der Waals surface area contributed by atoms with Crippen molar-refractivity contribution >= 4 is 22.7 Å². The first-order valence-corrected chi connectivity index (χ1v) is 7.38. The summed E-state index contributed by atoms with van der Waals surface area (Å²) in [6.45, 7) is -10.7. The molecule has 0 radical (unpaired) electrons. The number of nitrogens with zero attached hydrogens (tertiary/aromatic N) is 1. The Kier molecular flexibility index (Phi) is 1.43. The van der Waals surface area contributed by atoms with E-state index in [4.69, 9.17) is 17.8 Å². The quantitative estimate of drug-likeness (QED) is 0.730. The lowest BCUT2D eigenvalue weighted by Gasteiger charge is -2.27. The predicted molar refractivity (Wildman–Crippen MR) is 91.5 cm³/mol. The van der Waals surface area contributed by atoms with Gasteiger partial charge in [-0.05, 0) is 47.8 Å². The Morgan fingerprint density at radius 3 is 2.91 bits per heavy atom. The van der Waals surface area contributed by atoms with E-state index in [0.29, 0.717) is 16.9 Å². The summed E-state index contributed by atoms with van der Waals surface area (Å²) < 4.78 is 108. The number of thiophene rings is 1. The first-order chi connectivity index (χ1) is 15.8. The van der Waals surface area contributed by atoms with E-state index in [1.54, 1.807) is 6.07 Å². The van der Waals surface area contributed by atoms with E-state index in [1.807, 2.05) is 0 Å². The van der Waals surface area contributed by atoms with Gasteiger partial charge in [0.1, 0.15) is 0 Å². The maximum Gasteiger partial charge on any atom is 0.177 e. The number of ketones is 1. The van der Waals surface area contributed by atoms with Crippen LogP contribution in [0.4, 0.5) is 0 Å². The zero-order chi connectivity index (χ0) is 26.5. The summed E-state index contributed by atoms with van der Waals surface area (Å²) in [5, 5.41) is -0.354. The van der Waals surface area contributed by atoms with E-state index in [1.165, 1.54) is 18.2 Å². The van der Waals surface area contributed by atoms with E-state index in [2.05, 4.69) is 0 Å². The molecule has 2 heterocycles. The van der Waals surface area contributed by atoms with Gasteiger partial charge in [-0.3, -0.25) is 4.79 Å². The van der Waals surface area contributed by atoms with Crippen LogP contribution in [0.1, 0.15) is 56.9 Å². The molecule has 1 fully saturated rings. The molecule has 0 spiro atoms. The van der Waals surface area contributed by atoms with Gasteiger partial charge in [-0.25, -0.2) is 0 Å². The Bertz CT molecular complexity index is 1240. The van der Waals surface area contributed by atoms with Crippen molar-refractivity contribution in [2.75, 3.05) is 20.0 Å². The van der Waals surface area contributed by atoms with Crippen LogP contribution in [0, 0.1) is 0 Å². The van der Waals surface area contributed by atoms with E-state index >= 15 is 0 Å². The number of carbonyl (C=O) groups is 1. The van der Waals surface area contributed by atoms with Crippen LogP contribution in [0.2, 0.25) is 0 Å². The van der Waals surface area contributed by atoms with Crippen molar-refractivity contribution < 1.29 is 22.6 Å². The summed E-state index contributed by atoms with van der Waals surface area (Å²) in [4.78, 5) is 12.5. The van der Waals surface area contributed by atoms with Crippen LogP contribution < -0.4 is 0 Å². The molecule has 4 rings (SSSR count). The Hall–Kier alpha value is -1.71. The lowest BCUT2D eigenvalue weighted by molar-refractivity contribution is 0.0997. The maximum absolute atomic E-state index is 13.0. The molecule has 0 unspecified atom stereocenters. The highest BCUT2D eigenvalue weighted by Gasteiger charge is 2.27. The molecule has 2 nitrogen and oxygen atoms in total. The highest BCUT2D eigenvalue weighted by atomic mass is 32.1. The topological polar surface area (TPSA) is 20.3 Å². The molecular weight excluding hydrogens is 290 g/mol. The molecule has 22 heavy (non-hydrogen) atoms. The zero-order valence-electron chi connectivity index (χ0n) is 24.3. The second-order valence-corrected chi connectivity index (χ2v) is 5.67. The molecule has 0 saturated carbocycles. The molecule has 1 saturated heterocycles. The summed E-state index contributed by atoms with van der Waals surface area (Å²) in [5.41, 5.74) is -1.35. The average molecular weight is 323 g/mol. The molecule has 2 aliphatic rings. The third-order valence-electron chi connectivity index (χ3n) is 3.53. The molecule has 112 valence electrons. The fourth-order valence-corrected chi connectivity index (χ4v) is 3.28. The molecule has 2 aromatic rings. The minimum Gasteiger partial charge on any atom is -0.306 e. The zero-order valence-corrected chi connectivity index (χ0v) is 12.1. The highest BCUT2D eigenvalue weighted by Crippen LogP contribution is 2.40. The van der Waals surface area contributed by atoms with E-state index < -0.39 is 60.6 Å². The van der Waals surface area contributed by atoms with Crippen molar-refractivity contribution in [2.45, 2.75) is 19.2 Å². The highest BCUT2D eigenvalue weighted by molar-refractivity contribution is 7.12. The lowest BCUT2D eigenvalue weighted by atomic mass is 9.88. The fourth-order valence-electron chi connectivity index (χ4n) is 2.58. The van der Waals surface area contributed by atoms with Crippen molar-refractivity contribution in [3.05, 3.63) is 62.8 Å². The van der Waals surface area contributed by atoms with Crippen LogP contribution in [0.3, 0.4) is 0 Å². The van der Waals surface area contributed by atoms with E-state index in [0.717, 1.165) is 0 Å². The minimum absolute atomic E-state index is 0.0857. The molecule has 0 amide bonds. The summed E-state index contributed by atoms with van der Waals surface area (Å²) in [7, 11) is 0. The third kappa shape index (κ3) is 2.25. The van der Waals surface area contributed by atoms with Gasteiger partial charge in [-0.2, -0.15) is 0 Å². The van der Waals surface area contributed by atoms with Gasteiger partial charge in [0.2, 0.25) is 0 Å². The van der Waals surface area contributed by atoms with Crippen LogP contribution in [0.5, 0.6) is 0 Å². The van der Waals surface area contributed by atoms with Gasteiger partial charge in [0.05, 0.1) is 7.62 Å². The van der Waals surface area contributed by atoms with Crippen molar-refractivity contribution in [1.82, 2.24) is 4.90 Å². The number of piperidine rings is 1. The maximum atomic E-state index is 13.0. The minimum atomic E-state index is -3.58. The molecule has 1 aliphatic heterocycles. The number of fused-ring (bicyclic) bond motifs is 2. The molecular formula is C19H19NOS. The van der Waals surface area contributed by atoms with Crippen LogP contribution in [-0.2, 0) is 6.42 Å². The Morgan fingerprint density at radius 2 is 2.09 bits per heavy atom. The Labute approximate surface area is 153 Å². The van der Waals surface area contributed by atoms with Gasteiger partial charge in [0.15, 0.2) is 5.78 Å². The first-order valence-electron chi connectivity index (χ1n) is 13.1. The van der Waals surface area contributed by atoms with Crippen molar-refractivity contribution in [3.8, 4) is 0 Å². The molecule has 3 heteroatoms. The van der Waals surface area contributed by atoms with E-state index in [-0.39, 0.29) is 27.8 Å². The third-order valence-corrected chi connectivity index (χ3v) is 4.37. The van der Waals surface area contributed by atoms with Crippen LogP contribution >= 0.6 is 11.3 Å². The standard InChI is InChI=1S/C19H19NOS/c1-20-9-6-13(7-10-20)18-15-5-3-2-4-14(15)12-17(21)19-16(18)8-11-22-19/h2-5,8,11H,6-7,9-10,12H2,1H3/i1D3,6D2,7D2,8D,9D2,10D2,11D. The van der Waals surface area contributed by atoms with Gasteiger partial charge < -0.3 is 4.90 Å². The molecule has 1 aromatic carbocycles. The summed E-state index contributed by atoms with van der Waals surface area (Å²) >= 11 is 0.644. The molecule has 1 aromatic heterocycles. The Morgan fingerprint density at radius 1 is 1.27 bits per heavy atom. The number of hydrogen-bond acceptors (Lipinski definition) is 3. The number of Topliss-reactive ketones (excluding diaryl/α,β-unsaturated/α-hetero) is 1. The van der Waals surface area contributed by atoms with Crippen molar-refractivity contribution in [1.29, 1.82) is 0 Å². The normalized spacial score (nSPS) is 37.3. The smallest absolute Gasteiger partial charge is 0.177 e. The van der Waals surface area contributed by atoms with Crippen LogP contribution in [0.25, 0.3) is 5.57 Å². The molecule has 0 atom stereocenters. The predicted octanol–water partition coefficient (Wildman–Crippen LogP) is 4.01. The summed E-state index contributed by atoms with van der Waals surface area (Å²) in [5.74, 6) is -0.507. The van der Waals surface area contributed by atoms with Gasteiger partial charge in [-0.15, -0.1) is 11.3 Å². The summed E-state index contributed by atoms with van der Waals surface area (Å²) in [6.07, 6.45) is -7.10. The number of carbonyl (C=O) groups excluding carboxylic acids is 1. The van der Waals surface area contributed by atoms with Crippen molar-refractivity contribution in [2.24, 2.45) is 0 Å². The number of rotatable bonds is 0. The van der Waals surface area contributed by atoms with E-state index in [9.17, 15) is 4.79 Å². The molecule has 1 aliphatic carbocycles. The average Bonchev–Trinajstić information content (AvgIpc) is 2.91. The molecule has 0 N–H and O–H groups in total. The van der Waals surface area contributed by atoms with Gasteiger partial charge in [0.25, 0.3) is 0 Å². The lowest BCUT2D eigenvalue weighted by Crippen LogP contribution is -2.27. The van der Waals surface area contributed by atoms with Crippen LogP contribution in [-0.4, -0.2) is 30.7 Å². The van der Waals surface area contributed by atoms with Gasteiger partial charge >= 0.3 is 0 Å². The van der Waals surface area contributed by atoms with Gasteiger partial charge in [-0.1, -0.05) is 29.8 Å². The second-order valence-electron chi connectivity index (χ2n) is 4.85. The number of benzene rings is 1. The number of likely N-dealkylation sites (tertiary alicyclic amines) is 1. The van der Waals surface area contributed by atoms with Crippen LogP contribution in [0.15, 0.2) is 41.2 Å². The first kappa shape index (κ1) is 5.73. The SMILES string of the molecule is [2H]c1sc2c(c1[2H])C(=C1C([2H])([2H])C([2H])([2H])N(C([2H])([2H])[2H])C([2H])([2H])C1([2H])[2H])c1ccccc1CC2=O. The van der Waals surface area contributed by atoms with Gasteiger partial charge in [0, 0.05) is 40.1 Å². The second kappa shape index (κ2) is 5.49. The molecule has 0 bridgehead atoms. The summed E-state index contributed by atoms with van der Waals surface area (Å²) in [6, 6.07) is 5.54. The number of hydrogen-bond donors (Lipinski definition) is 0. The Balaban J connectivity index is 2.26. The van der Waals surface area contributed by atoms with Crippen molar-refractivity contribution in [3.63, 3.8) is 0 Å². The monoisotopic (exact) mass is 322 g/mol.